The van der Waals surface area contributed by atoms with Gasteiger partial charge in [0.15, 0.2) is 0 Å². The summed E-state index contributed by atoms with van der Waals surface area (Å²) < 4.78 is 6.41. The van der Waals surface area contributed by atoms with Gasteiger partial charge < -0.3 is 29.9 Å². The summed E-state index contributed by atoms with van der Waals surface area (Å²) in [6.07, 6.45) is 0. The van der Waals surface area contributed by atoms with Gasteiger partial charge in [-0.2, -0.15) is 0 Å². The average molecular weight is 454 g/mol. The molecule has 0 aliphatic carbocycles. The van der Waals surface area contributed by atoms with Crippen molar-refractivity contribution in [2.24, 2.45) is 0 Å². The summed E-state index contributed by atoms with van der Waals surface area (Å²) in [5, 5.41) is 24.8. The number of aromatic carboxylic acids is 2. The van der Waals surface area contributed by atoms with Gasteiger partial charge in [0.05, 0.1) is 11.9 Å². The van der Waals surface area contributed by atoms with E-state index in [1.165, 1.54) is 6.07 Å². The molecule has 0 spiro atoms. The standard InChI is InChI=1S/C21H14BrNO6/c22-13-3-1-12(2-4-13)19(24)23-14-5-7-15(8-6-14)29-16-9-10-17(20(25)26)18(11-16)21(27)28/h1-11H,(H,23,24)(H,25,26)(H,27,28)/p-2. The fourth-order valence-electron chi connectivity index (χ4n) is 2.48. The Morgan fingerprint density at radius 1 is 0.759 bits per heavy atom. The quantitative estimate of drug-likeness (QED) is 0.610. The van der Waals surface area contributed by atoms with E-state index in [2.05, 4.69) is 21.2 Å². The molecule has 0 saturated carbocycles. The Morgan fingerprint density at radius 3 is 1.93 bits per heavy atom. The van der Waals surface area contributed by atoms with E-state index in [-0.39, 0.29) is 11.7 Å². The van der Waals surface area contributed by atoms with Gasteiger partial charge in [0, 0.05) is 26.9 Å². The fraction of sp³-hybridized carbons (Fsp3) is 0. The second-order valence-electron chi connectivity index (χ2n) is 5.87. The molecule has 146 valence electrons. The van der Waals surface area contributed by atoms with Gasteiger partial charge in [-0.05, 0) is 66.7 Å². The largest absolute Gasteiger partial charge is 0.545 e. The number of carbonyl (C=O) groups is 3. The number of anilines is 1. The summed E-state index contributed by atoms with van der Waals surface area (Å²) >= 11 is 3.31. The summed E-state index contributed by atoms with van der Waals surface area (Å²) in [5.74, 6) is -3.08. The van der Waals surface area contributed by atoms with E-state index in [4.69, 9.17) is 4.74 Å². The number of ether oxygens (including phenoxy) is 1. The van der Waals surface area contributed by atoms with Crippen molar-refractivity contribution < 1.29 is 29.3 Å². The highest BCUT2D eigenvalue weighted by molar-refractivity contribution is 9.10. The maximum Gasteiger partial charge on any atom is 0.255 e. The van der Waals surface area contributed by atoms with Crippen LogP contribution in [0.25, 0.3) is 0 Å². The minimum atomic E-state index is -1.65. The van der Waals surface area contributed by atoms with Gasteiger partial charge >= 0.3 is 0 Å². The van der Waals surface area contributed by atoms with Crippen LogP contribution in [0.1, 0.15) is 31.1 Å². The lowest BCUT2D eigenvalue weighted by Gasteiger charge is -2.14. The predicted octanol–water partition coefficient (Wildman–Crippen LogP) is 2.22. The number of hydrogen-bond acceptors (Lipinski definition) is 6. The van der Waals surface area contributed by atoms with Gasteiger partial charge in [-0.1, -0.05) is 15.9 Å². The maximum absolute atomic E-state index is 12.2. The molecule has 0 saturated heterocycles. The Labute approximate surface area is 173 Å². The van der Waals surface area contributed by atoms with E-state index in [1.807, 2.05) is 0 Å². The van der Waals surface area contributed by atoms with Crippen LogP contribution in [0.3, 0.4) is 0 Å². The fourth-order valence-corrected chi connectivity index (χ4v) is 2.74. The third-order valence-electron chi connectivity index (χ3n) is 3.89. The first-order valence-electron chi connectivity index (χ1n) is 8.25. The topological polar surface area (TPSA) is 119 Å². The molecule has 0 aliphatic rings. The van der Waals surface area contributed by atoms with Crippen LogP contribution in [-0.4, -0.2) is 17.8 Å². The van der Waals surface area contributed by atoms with E-state index in [1.54, 1.807) is 48.5 Å². The van der Waals surface area contributed by atoms with E-state index in [9.17, 15) is 24.6 Å². The van der Waals surface area contributed by atoms with Crippen LogP contribution < -0.4 is 20.3 Å². The molecule has 7 nitrogen and oxygen atoms in total. The highest BCUT2D eigenvalue weighted by Crippen LogP contribution is 2.25. The third kappa shape index (κ3) is 4.99. The van der Waals surface area contributed by atoms with Crippen LogP contribution in [0.15, 0.2) is 71.2 Å². The first-order chi connectivity index (χ1) is 13.8. The number of halogens is 1. The predicted molar refractivity (Wildman–Crippen MR) is 104 cm³/mol. The number of nitrogens with one attached hydrogen (secondary N) is 1. The molecular weight excluding hydrogens is 442 g/mol. The van der Waals surface area contributed by atoms with Crippen LogP contribution in [0.2, 0.25) is 0 Å². The first kappa shape index (κ1) is 20.1. The molecule has 0 heterocycles. The first-order valence-corrected chi connectivity index (χ1v) is 9.04. The molecule has 3 aromatic carbocycles. The molecule has 8 heteroatoms. The van der Waals surface area contributed by atoms with Crippen molar-refractivity contribution >= 4 is 39.5 Å². The molecule has 0 aliphatic heterocycles. The summed E-state index contributed by atoms with van der Waals surface area (Å²) in [5.41, 5.74) is -0.00595. The third-order valence-corrected chi connectivity index (χ3v) is 4.41. The van der Waals surface area contributed by atoms with Crippen molar-refractivity contribution in [1.29, 1.82) is 0 Å². The average Bonchev–Trinajstić information content (AvgIpc) is 2.69. The summed E-state index contributed by atoms with van der Waals surface area (Å²) in [6.45, 7) is 0. The summed E-state index contributed by atoms with van der Waals surface area (Å²) in [6, 6.07) is 16.7. The molecular formula is C21H12BrNO6-2. The number of rotatable bonds is 6. The van der Waals surface area contributed by atoms with Crippen molar-refractivity contribution in [3.05, 3.63) is 87.9 Å². The highest BCUT2D eigenvalue weighted by atomic mass is 79.9. The van der Waals surface area contributed by atoms with Gasteiger partial charge in [-0.15, -0.1) is 0 Å². The van der Waals surface area contributed by atoms with Crippen LogP contribution >= 0.6 is 15.9 Å². The molecule has 0 atom stereocenters. The van der Waals surface area contributed by atoms with E-state index in [0.29, 0.717) is 17.0 Å². The Hall–Kier alpha value is -3.65. The lowest BCUT2D eigenvalue weighted by atomic mass is 10.1. The molecule has 1 N–H and O–H groups in total. The smallest absolute Gasteiger partial charge is 0.255 e. The summed E-state index contributed by atoms with van der Waals surface area (Å²) in [4.78, 5) is 34.3. The monoisotopic (exact) mass is 453 g/mol. The van der Waals surface area contributed by atoms with Crippen molar-refractivity contribution in [3.8, 4) is 11.5 Å². The normalized spacial score (nSPS) is 10.2. The lowest BCUT2D eigenvalue weighted by molar-refractivity contribution is -0.259. The van der Waals surface area contributed by atoms with Crippen LogP contribution in [0.4, 0.5) is 5.69 Å². The van der Waals surface area contributed by atoms with Crippen LogP contribution in [0.5, 0.6) is 11.5 Å². The highest BCUT2D eigenvalue weighted by Gasteiger charge is 2.09. The zero-order valence-electron chi connectivity index (χ0n) is 14.7. The molecule has 3 aromatic rings. The molecule has 0 unspecified atom stereocenters. The van der Waals surface area contributed by atoms with Gasteiger partial charge in [-0.3, -0.25) is 4.79 Å². The minimum Gasteiger partial charge on any atom is -0.545 e. The number of carboxylic acids is 2. The Balaban J connectivity index is 1.71. The number of carboxylic acid groups (broad SMARTS) is 2. The Morgan fingerprint density at radius 2 is 1.34 bits per heavy atom. The lowest BCUT2D eigenvalue weighted by Crippen LogP contribution is -2.30. The van der Waals surface area contributed by atoms with Crippen molar-refractivity contribution in [2.45, 2.75) is 0 Å². The van der Waals surface area contributed by atoms with E-state index < -0.39 is 23.1 Å². The second kappa shape index (κ2) is 8.57. The van der Waals surface area contributed by atoms with Crippen molar-refractivity contribution in [1.82, 2.24) is 0 Å². The van der Waals surface area contributed by atoms with Gasteiger partial charge in [0.25, 0.3) is 5.91 Å². The van der Waals surface area contributed by atoms with Crippen molar-refractivity contribution in [2.75, 3.05) is 5.32 Å². The zero-order chi connectivity index (χ0) is 21.0. The Bertz CT molecular complexity index is 1080. The number of benzene rings is 3. The zero-order valence-corrected chi connectivity index (χ0v) is 16.3. The van der Waals surface area contributed by atoms with Crippen molar-refractivity contribution in [3.63, 3.8) is 0 Å². The maximum atomic E-state index is 12.2. The number of amides is 1. The molecule has 0 aromatic heterocycles. The Kier molecular flexibility index (Phi) is 5.94. The molecule has 0 fully saturated rings. The van der Waals surface area contributed by atoms with Gasteiger partial charge in [-0.25, -0.2) is 0 Å². The van der Waals surface area contributed by atoms with E-state index >= 15 is 0 Å². The van der Waals surface area contributed by atoms with E-state index in [0.717, 1.165) is 16.6 Å². The summed E-state index contributed by atoms with van der Waals surface area (Å²) in [7, 11) is 0. The molecule has 0 bridgehead atoms. The molecule has 3 rings (SSSR count). The minimum absolute atomic E-state index is 0.112. The molecule has 1 amide bonds. The molecule has 29 heavy (non-hydrogen) atoms. The van der Waals surface area contributed by atoms with Gasteiger partial charge in [0.2, 0.25) is 0 Å². The van der Waals surface area contributed by atoms with Crippen LogP contribution in [0, 0.1) is 0 Å². The SMILES string of the molecule is O=C(Nc1ccc(Oc2ccc(C(=O)[O-])c(C(=O)[O-])c2)cc1)c1ccc(Br)cc1. The molecule has 0 radical (unpaired) electrons. The number of carbonyl (C=O) groups excluding carboxylic acids is 3. The second-order valence-corrected chi connectivity index (χ2v) is 6.79. The van der Waals surface area contributed by atoms with Crippen LogP contribution in [-0.2, 0) is 0 Å². The van der Waals surface area contributed by atoms with Gasteiger partial charge in [0.1, 0.15) is 11.5 Å². The number of hydrogen-bond donors (Lipinski definition) is 1.